The van der Waals surface area contributed by atoms with Gasteiger partial charge in [-0.15, -0.1) is 12.4 Å². The number of aryl methyl sites for hydroxylation is 1. The van der Waals surface area contributed by atoms with Crippen LogP contribution >= 0.6 is 12.4 Å². The lowest BCUT2D eigenvalue weighted by Gasteiger charge is -2.08. The van der Waals surface area contributed by atoms with Crippen LogP contribution < -0.4 is 0 Å². The fourth-order valence-electron chi connectivity index (χ4n) is 1.40. The van der Waals surface area contributed by atoms with Crippen LogP contribution in [0.25, 0.3) is 0 Å². The summed E-state index contributed by atoms with van der Waals surface area (Å²) >= 11 is 0. The average Bonchev–Trinajstić information content (AvgIpc) is 2.26. The molecule has 0 unspecified atom stereocenters. The van der Waals surface area contributed by atoms with E-state index in [-0.39, 0.29) is 18.2 Å². The summed E-state index contributed by atoms with van der Waals surface area (Å²) in [5.74, 6) is 0.228. The molecular weight excluding hydrogens is 222 g/mol. The predicted octanol–water partition coefficient (Wildman–Crippen LogP) is 2.81. The number of benzene rings is 1. The summed E-state index contributed by atoms with van der Waals surface area (Å²) in [6, 6.07) is 7.92. The van der Waals surface area contributed by atoms with Gasteiger partial charge in [0, 0.05) is 18.5 Å². The fourth-order valence-corrected chi connectivity index (χ4v) is 1.40. The molecule has 90 valence electrons. The molecule has 1 aromatic carbocycles. The van der Waals surface area contributed by atoms with Gasteiger partial charge in [0.1, 0.15) is 0 Å². The Morgan fingerprint density at radius 3 is 2.19 bits per heavy atom. The molecule has 16 heavy (non-hydrogen) atoms. The quantitative estimate of drug-likeness (QED) is 0.739. The smallest absolute Gasteiger partial charge is 0.164 e. The minimum Gasteiger partial charge on any atom is -0.309 e. The number of ketones is 1. The molecule has 0 fully saturated rings. The van der Waals surface area contributed by atoms with Gasteiger partial charge in [-0.3, -0.25) is 4.79 Å². The number of carbonyl (C=O) groups is 1. The van der Waals surface area contributed by atoms with Gasteiger partial charge in [-0.25, -0.2) is 0 Å². The van der Waals surface area contributed by atoms with E-state index in [1.807, 2.05) is 43.3 Å². The Morgan fingerprint density at radius 2 is 1.75 bits per heavy atom. The van der Waals surface area contributed by atoms with Crippen molar-refractivity contribution in [3.8, 4) is 0 Å². The summed E-state index contributed by atoms with van der Waals surface area (Å²) in [7, 11) is 3.96. The van der Waals surface area contributed by atoms with Crippen molar-refractivity contribution in [1.29, 1.82) is 0 Å². The summed E-state index contributed by atoms with van der Waals surface area (Å²) in [5, 5.41) is 0. The molecule has 1 aromatic rings. The molecule has 0 aliphatic heterocycles. The van der Waals surface area contributed by atoms with Gasteiger partial charge in [0.15, 0.2) is 5.78 Å². The van der Waals surface area contributed by atoms with Crippen molar-refractivity contribution in [3.05, 3.63) is 35.4 Å². The predicted molar refractivity (Wildman–Crippen MR) is 70.6 cm³/mol. The summed E-state index contributed by atoms with van der Waals surface area (Å²) in [6.07, 6.45) is 1.62. The first-order valence-corrected chi connectivity index (χ1v) is 5.40. The van der Waals surface area contributed by atoms with Crippen molar-refractivity contribution >= 4 is 18.2 Å². The third kappa shape index (κ3) is 4.77. The molecule has 1 rings (SSSR count). The van der Waals surface area contributed by atoms with Gasteiger partial charge in [-0.1, -0.05) is 31.2 Å². The van der Waals surface area contributed by atoms with E-state index in [4.69, 9.17) is 0 Å². The van der Waals surface area contributed by atoms with Gasteiger partial charge < -0.3 is 4.90 Å². The average molecular weight is 242 g/mol. The molecule has 0 radical (unpaired) electrons. The van der Waals surface area contributed by atoms with Crippen LogP contribution in [0.3, 0.4) is 0 Å². The largest absolute Gasteiger partial charge is 0.309 e. The molecule has 0 bridgehead atoms. The van der Waals surface area contributed by atoms with E-state index in [9.17, 15) is 4.79 Å². The van der Waals surface area contributed by atoms with E-state index >= 15 is 0 Å². The van der Waals surface area contributed by atoms with E-state index in [2.05, 4.69) is 6.92 Å². The first-order chi connectivity index (χ1) is 7.13. The summed E-state index contributed by atoms with van der Waals surface area (Å²) < 4.78 is 0. The number of hydrogen-bond donors (Lipinski definition) is 0. The first-order valence-electron chi connectivity index (χ1n) is 5.40. The van der Waals surface area contributed by atoms with E-state index in [1.165, 1.54) is 5.56 Å². The van der Waals surface area contributed by atoms with Crippen molar-refractivity contribution in [3.63, 3.8) is 0 Å². The Balaban J connectivity index is 0.00000225. The topological polar surface area (TPSA) is 20.3 Å². The highest BCUT2D eigenvalue weighted by molar-refractivity contribution is 5.96. The van der Waals surface area contributed by atoms with E-state index in [0.717, 1.165) is 18.5 Å². The highest BCUT2D eigenvalue weighted by Crippen LogP contribution is 2.07. The standard InChI is InChI=1S/C13H19NO.ClH/c1-4-11-5-7-12(8-6-11)13(15)9-10-14(2)3;/h5-8H,4,9-10H2,1-3H3;1H. The zero-order valence-electron chi connectivity index (χ0n) is 10.2. The fraction of sp³-hybridized carbons (Fsp3) is 0.462. The normalized spacial score (nSPS) is 10.0. The van der Waals surface area contributed by atoms with Crippen LogP contribution in [0.1, 0.15) is 29.3 Å². The number of rotatable bonds is 5. The lowest BCUT2D eigenvalue weighted by molar-refractivity contribution is 0.0972. The van der Waals surface area contributed by atoms with Crippen LogP contribution in [0.15, 0.2) is 24.3 Å². The molecule has 3 heteroatoms. The third-order valence-corrected chi connectivity index (χ3v) is 2.47. The Hall–Kier alpha value is -0.860. The van der Waals surface area contributed by atoms with Crippen molar-refractivity contribution in [2.75, 3.05) is 20.6 Å². The number of hydrogen-bond acceptors (Lipinski definition) is 2. The molecule has 0 atom stereocenters. The maximum absolute atomic E-state index is 11.7. The van der Waals surface area contributed by atoms with E-state index < -0.39 is 0 Å². The second kappa shape index (κ2) is 7.42. The van der Waals surface area contributed by atoms with Crippen LogP contribution in [0.2, 0.25) is 0 Å². The van der Waals surface area contributed by atoms with E-state index in [1.54, 1.807) is 0 Å². The Morgan fingerprint density at radius 1 is 1.19 bits per heavy atom. The minimum absolute atomic E-state index is 0. The number of carbonyl (C=O) groups excluding carboxylic acids is 1. The molecular formula is C13H20ClNO. The molecule has 0 aliphatic carbocycles. The summed E-state index contributed by atoms with van der Waals surface area (Å²) in [5.41, 5.74) is 2.10. The maximum Gasteiger partial charge on any atom is 0.164 e. The van der Waals surface area contributed by atoms with Crippen molar-refractivity contribution < 1.29 is 4.79 Å². The molecule has 0 aromatic heterocycles. The molecule has 0 saturated heterocycles. The van der Waals surface area contributed by atoms with Gasteiger partial charge >= 0.3 is 0 Å². The SMILES string of the molecule is CCc1ccc(C(=O)CCN(C)C)cc1.Cl. The lowest BCUT2D eigenvalue weighted by atomic mass is 10.1. The molecule has 2 nitrogen and oxygen atoms in total. The highest BCUT2D eigenvalue weighted by Gasteiger charge is 2.05. The molecule has 0 heterocycles. The number of Topliss-reactive ketones (excluding diaryl/α,β-unsaturated/α-hetero) is 1. The first kappa shape index (κ1) is 15.1. The monoisotopic (exact) mass is 241 g/mol. The van der Waals surface area contributed by atoms with Gasteiger partial charge in [0.05, 0.1) is 0 Å². The van der Waals surface area contributed by atoms with Gasteiger partial charge in [0.2, 0.25) is 0 Å². The van der Waals surface area contributed by atoms with Crippen LogP contribution in [0, 0.1) is 0 Å². The second-order valence-corrected chi connectivity index (χ2v) is 4.03. The second-order valence-electron chi connectivity index (χ2n) is 4.03. The Bertz CT molecular complexity index is 319. The number of nitrogens with zero attached hydrogens (tertiary/aromatic N) is 1. The highest BCUT2D eigenvalue weighted by atomic mass is 35.5. The van der Waals surface area contributed by atoms with Crippen LogP contribution in [0.5, 0.6) is 0 Å². The van der Waals surface area contributed by atoms with Crippen LogP contribution in [-0.2, 0) is 6.42 Å². The minimum atomic E-state index is 0. The molecule has 0 spiro atoms. The van der Waals surface area contributed by atoms with Gasteiger partial charge in [0.25, 0.3) is 0 Å². The maximum atomic E-state index is 11.7. The third-order valence-electron chi connectivity index (χ3n) is 2.47. The van der Waals surface area contributed by atoms with Crippen LogP contribution in [0.4, 0.5) is 0 Å². The van der Waals surface area contributed by atoms with Crippen molar-refractivity contribution in [2.24, 2.45) is 0 Å². The zero-order chi connectivity index (χ0) is 11.3. The van der Waals surface area contributed by atoms with Crippen LogP contribution in [-0.4, -0.2) is 31.3 Å². The Kier molecular flexibility index (Phi) is 7.02. The summed E-state index contributed by atoms with van der Waals surface area (Å²) in [4.78, 5) is 13.7. The molecule has 0 aliphatic rings. The van der Waals surface area contributed by atoms with E-state index in [0.29, 0.717) is 6.42 Å². The molecule has 0 saturated carbocycles. The molecule has 0 amide bonds. The zero-order valence-corrected chi connectivity index (χ0v) is 11.0. The lowest BCUT2D eigenvalue weighted by Crippen LogP contribution is -2.16. The molecule has 0 N–H and O–H groups in total. The van der Waals surface area contributed by atoms with Gasteiger partial charge in [-0.05, 0) is 26.1 Å². The number of halogens is 1. The van der Waals surface area contributed by atoms with Crippen molar-refractivity contribution in [1.82, 2.24) is 4.90 Å². The van der Waals surface area contributed by atoms with Gasteiger partial charge in [-0.2, -0.15) is 0 Å². The summed E-state index contributed by atoms with van der Waals surface area (Å²) in [6.45, 7) is 2.93. The Labute approximate surface area is 104 Å². The van der Waals surface area contributed by atoms with Crippen molar-refractivity contribution in [2.45, 2.75) is 19.8 Å².